The molecule has 1 aromatic rings. The molecular formula is C17H29N3O2. The molecule has 1 fully saturated rings. The Bertz CT molecular complexity index is 512. The van der Waals surface area contributed by atoms with Crippen LogP contribution in [-0.2, 0) is 5.41 Å². The van der Waals surface area contributed by atoms with E-state index in [0.717, 1.165) is 13.1 Å². The summed E-state index contributed by atoms with van der Waals surface area (Å²) in [6.45, 7) is 16.5. The molecule has 5 heteroatoms. The Hall–Kier alpha value is -1.39. The predicted octanol–water partition coefficient (Wildman–Crippen LogP) is 3.37. The van der Waals surface area contributed by atoms with E-state index in [1.54, 1.807) is 0 Å². The van der Waals surface area contributed by atoms with E-state index >= 15 is 0 Å². The Kier molecular flexibility index (Phi) is 4.64. The number of hydrogen-bond donors (Lipinski definition) is 0. The van der Waals surface area contributed by atoms with Crippen molar-refractivity contribution >= 4 is 5.91 Å². The molecule has 1 aliphatic heterocycles. The second kappa shape index (κ2) is 6.01. The maximum absolute atomic E-state index is 12.7. The van der Waals surface area contributed by atoms with Gasteiger partial charge in [0.2, 0.25) is 0 Å². The van der Waals surface area contributed by atoms with Gasteiger partial charge in [-0.05, 0) is 23.7 Å². The van der Waals surface area contributed by atoms with Gasteiger partial charge in [-0.15, -0.1) is 0 Å². The molecule has 0 N–H and O–H groups in total. The van der Waals surface area contributed by atoms with Crippen molar-refractivity contribution < 1.29 is 9.32 Å². The monoisotopic (exact) mass is 307 g/mol. The van der Waals surface area contributed by atoms with Crippen LogP contribution in [0.2, 0.25) is 0 Å². The van der Waals surface area contributed by atoms with Crippen LogP contribution in [0.5, 0.6) is 0 Å². The van der Waals surface area contributed by atoms with Gasteiger partial charge in [0, 0.05) is 18.5 Å². The third-order valence-electron chi connectivity index (χ3n) is 4.69. The summed E-state index contributed by atoms with van der Waals surface area (Å²) >= 11 is 0. The largest absolute Gasteiger partial charge is 0.334 e. The molecule has 1 aromatic heterocycles. The van der Waals surface area contributed by atoms with E-state index in [1.165, 1.54) is 0 Å². The molecule has 2 rings (SSSR count). The average molecular weight is 307 g/mol. The highest BCUT2D eigenvalue weighted by Crippen LogP contribution is 2.35. The number of hydrogen-bond acceptors (Lipinski definition) is 4. The molecule has 0 aliphatic carbocycles. The second-order valence-electron chi connectivity index (χ2n) is 8.20. The van der Waals surface area contributed by atoms with Crippen LogP contribution in [0.15, 0.2) is 4.52 Å². The molecule has 0 radical (unpaired) electrons. The summed E-state index contributed by atoms with van der Waals surface area (Å²) in [6.07, 6.45) is 0. The lowest BCUT2D eigenvalue weighted by molar-refractivity contribution is 0.0730. The van der Waals surface area contributed by atoms with Crippen molar-refractivity contribution in [3.63, 3.8) is 0 Å². The van der Waals surface area contributed by atoms with E-state index in [9.17, 15) is 4.79 Å². The molecule has 124 valence electrons. The van der Waals surface area contributed by atoms with Crippen LogP contribution in [0.3, 0.4) is 0 Å². The Morgan fingerprint density at radius 3 is 2.00 bits per heavy atom. The number of likely N-dealkylation sites (tertiary alicyclic amines) is 1. The van der Waals surface area contributed by atoms with Crippen molar-refractivity contribution in [2.24, 2.45) is 23.7 Å². The van der Waals surface area contributed by atoms with Gasteiger partial charge in [-0.3, -0.25) is 4.79 Å². The van der Waals surface area contributed by atoms with Crippen LogP contribution in [0.25, 0.3) is 0 Å². The molecule has 5 nitrogen and oxygen atoms in total. The first-order valence-electron chi connectivity index (χ1n) is 8.24. The fourth-order valence-corrected chi connectivity index (χ4v) is 3.18. The number of rotatable bonds is 3. The van der Waals surface area contributed by atoms with Crippen molar-refractivity contribution in [1.29, 1.82) is 0 Å². The number of nitrogens with zero attached hydrogens (tertiary/aromatic N) is 3. The van der Waals surface area contributed by atoms with Gasteiger partial charge in [0.1, 0.15) is 0 Å². The zero-order valence-electron chi connectivity index (χ0n) is 14.9. The van der Waals surface area contributed by atoms with Gasteiger partial charge in [-0.25, -0.2) is 0 Å². The molecule has 2 atom stereocenters. The second-order valence-corrected chi connectivity index (χ2v) is 8.20. The van der Waals surface area contributed by atoms with E-state index in [1.807, 2.05) is 25.7 Å². The van der Waals surface area contributed by atoms with Crippen LogP contribution in [-0.4, -0.2) is 34.0 Å². The molecule has 0 spiro atoms. The standard InChI is InChI=1S/C17H29N3O2/c1-10(2)12-8-20(9-13(12)11(3)4)15(21)14-18-16(19-22-14)17(5,6)7/h10-13H,8-9H2,1-7H3. The summed E-state index contributed by atoms with van der Waals surface area (Å²) < 4.78 is 5.20. The van der Waals surface area contributed by atoms with Gasteiger partial charge in [-0.2, -0.15) is 4.98 Å². The number of amides is 1. The highest BCUT2D eigenvalue weighted by atomic mass is 16.5. The summed E-state index contributed by atoms with van der Waals surface area (Å²) in [5.41, 5.74) is -0.214. The van der Waals surface area contributed by atoms with Crippen LogP contribution >= 0.6 is 0 Å². The minimum atomic E-state index is -0.214. The topological polar surface area (TPSA) is 59.2 Å². The zero-order valence-corrected chi connectivity index (χ0v) is 14.9. The van der Waals surface area contributed by atoms with Crippen molar-refractivity contribution in [1.82, 2.24) is 15.0 Å². The summed E-state index contributed by atoms with van der Waals surface area (Å²) in [5, 5.41) is 3.95. The number of carbonyl (C=O) groups is 1. The fraction of sp³-hybridized carbons (Fsp3) is 0.824. The van der Waals surface area contributed by atoms with Gasteiger partial charge in [0.15, 0.2) is 5.82 Å². The van der Waals surface area contributed by atoms with Crippen LogP contribution in [0, 0.1) is 23.7 Å². The van der Waals surface area contributed by atoms with Gasteiger partial charge < -0.3 is 9.42 Å². The fourth-order valence-electron chi connectivity index (χ4n) is 3.18. The third-order valence-corrected chi connectivity index (χ3v) is 4.69. The van der Waals surface area contributed by atoms with Gasteiger partial charge in [0.25, 0.3) is 0 Å². The van der Waals surface area contributed by atoms with Crippen LogP contribution in [0.1, 0.15) is 65.0 Å². The smallest absolute Gasteiger partial charge is 0.316 e. The predicted molar refractivity (Wildman–Crippen MR) is 85.6 cm³/mol. The summed E-state index contributed by atoms with van der Waals surface area (Å²) in [4.78, 5) is 18.8. The van der Waals surface area contributed by atoms with Crippen LogP contribution < -0.4 is 0 Å². The van der Waals surface area contributed by atoms with Gasteiger partial charge in [-0.1, -0.05) is 53.6 Å². The van der Waals surface area contributed by atoms with Crippen LogP contribution in [0.4, 0.5) is 0 Å². The van der Waals surface area contributed by atoms with E-state index < -0.39 is 0 Å². The SMILES string of the molecule is CC(C)C1CN(C(=O)c2nc(C(C)(C)C)no2)CC1C(C)C. The van der Waals surface area contributed by atoms with Crippen molar-refractivity contribution in [3.8, 4) is 0 Å². The van der Waals surface area contributed by atoms with E-state index in [2.05, 4.69) is 37.8 Å². The van der Waals surface area contributed by atoms with Crippen molar-refractivity contribution in [3.05, 3.63) is 11.7 Å². The highest BCUT2D eigenvalue weighted by molar-refractivity contribution is 5.89. The van der Waals surface area contributed by atoms with Crippen molar-refractivity contribution in [2.75, 3.05) is 13.1 Å². The maximum Gasteiger partial charge on any atom is 0.316 e. The lowest BCUT2D eigenvalue weighted by atomic mass is 9.80. The van der Waals surface area contributed by atoms with Crippen molar-refractivity contribution in [2.45, 2.75) is 53.9 Å². The van der Waals surface area contributed by atoms with E-state index in [4.69, 9.17) is 4.52 Å². The zero-order chi connectivity index (χ0) is 16.7. The number of aromatic nitrogens is 2. The lowest BCUT2D eigenvalue weighted by Gasteiger charge is -2.24. The molecule has 1 aliphatic rings. The lowest BCUT2D eigenvalue weighted by Crippen LogP contribution is -2.30. The summed E-state index contributed by atoms with van der Waals surface area (Å²) in [6, 6.07) is 0. The molecule has 1 saturated heterocycles. The Morgan fingerprint density at radius 1 is 1.14 bits per heavy atom. The normalized spacial score (nSPS) is 22.9. The first kappa shape index (κ1) is 17.0. The Morgan fingerprint density at radius 2 is 1.64 bits per heavy atom. The third kappa shape index (κ3) is 3.33. The molecule has 0 aromatic carbocycles. The minimum Gasteiger partial charge on any atom is -0.334 e. The molecule has 0 saturated carbocycles. The first-order chi connectivity index (χ1) is 10.1. The van der Waals surface area contributed by atoms with E-state index in [-0.39, 0.29) is 17.2 Å². The molecule has 2 unspecified atom stereocenters. The average Bonchev–Trinajstić information content (AvgIpc) is 3.04. The highest BCUT2D eigenvalue weighted by Gasteiger charge is 2.40. The Labute approximate surface area is 133 Å². The Balaban J connectivity index is 2.15. The molecule has 1 amide bonds. The molecule has 22 heavy (non-hydrogen) atoms. The summed E-state index contributed by atoms with van der Waals surface area (Å²) in [7, 11) is 0. The van der Waals surface area contributed by atoms with Gasteiger partial charge in [0.05, 0.1) is 0 Å². The number of carbonyl (C=O) groups excluding carboxylic acids is 1. The maximum atomic E-state index is 12.7. The quantitative estimate of drug-likeness (QED) is 0.859. The van der Waals surface area contributed by atoms with E-state index in [0.29, 0.717) is 29.5 Å². The molecule has 0 bridgehead atoms. The minimum absolute atomic E-state index is 0.122. The molecule has 2 heterocycles. The molecular weight excluding hydrogens is 278 g/mol. The first-order valence-corrected chi connectivity index (χ1v) is 8.24. The summed E-state index contributed by atoms with van der Waals surface area (Å²) in [5.74, 6) is 2.78. The van der Waals surface area contributed by atoms with Gasteiger partial charge >= 0.3 is 11.8 Å².